The van der Waals surface area contributed by atoms with Crippen molar-refractivity contribution in [2.24, 2.45) is 5.41 Å². The van der Waals surface area contributed by atoms with Crippen LogP contribution in [-0.2, 0) is 0 Å². The number of allylic oxidation sites excluding steroid dienone is 1. The SMILES string of the molecule is CC(C)=CCNCC1(CO)CCCCC1. The average molecular weight is 211 g/mol. The zero-order valence-corrected chi connectivity index (χ0v) is 10.2. The maximum Gasteiger partial charge on any atom is 0.0499 e. The van der Waals surface area contributed by atoms with E-state index in [9.17, 15) is 5.11 Å². The number of aliphatic hydroxyl groups excluding tert-OH is 1. The molecule has 0 atom stereocenters. The van der Waals surface area contributed by atoms with Gasteiger partial charge in [0.25, 0.3) is 0 Å². The Labute approximate surface area is 93.8 Å². The molecule has 0 unspecified atom stereocenters. The van der Waals surface area contributed by atoms with Crippen LogP contribution in [0.15, 0.2) is 11.6 Å². The maximum atomic E-state index is 9.49. The van der Waals surface area contributed by atoms with Crippen LogP contribution in [0, 0.1) is 5.41 Å². The standard InChI is InChI=1S/C13H25NO/c1-12(2)6-9-14-10-13(11-15)7-4-3-5-8-13/h6,14-15H,3-5,7-11H2,1-2H3. The third-order valence-corrected chi connectivity index (χ3v) is 3.40. The lowest BCUT2D eigenvalue weighted by Gasteiger charge is -2.35. The third kappa shape index (κ3) is 4.35. The largest absolute Gasteiger partial charge is 0.396 e. The van der Waals surface area contributed by atoms with Crippen LogP contribution in [-0.4, -0.2) is 24.8 Å². The number of hydrogen-bond donors (Lipinski definition) is 2. The molecule has 2 nitrogen and oxygen atoms in total. The van der Waals surface area contributed by atoms with Crippen LogP contribution in [0.1, 0.15) is 46.0 Å². The molecule has 2 N–H and O–H groups in total. The number of aliphatic hydroxyl groups is 1. The molecular weight excluding hydrogens is 186 g/mol. The van der Waals surface area contributed by atoms with E-state index in [-0.39, 0.29) is 5.41 Å². The van der Waals surface area contributed by atoms with Crippen LogP contribution >= 0.6 is 0 Å². The van der Waals surface area contributed by atoms with Gasteiger partial charge in [-0.2, -0.15) is 0 Å². The van der Waals surface area contributed by atoms with Crippen LogP contribution in [0.25, 0.3) is 0 Å². The minimum atomic E-state index is 0.174. The molecule has 1 saturated carbocycles. The van der Waals surface area contributed by atoms with Gasteiger partial charge in [-0.1, -0.05) is 30.9 Å². The summed E-state index contributed by atoms with van der Waals surface area (Å²) in [6.45, 7) is 6.47. The van der Waals surface area contributed by atoms with Gasteiger partial charge < -0.3 is 10.4 Å². The Hall–Kier alpha value is -0.340. The fourth-order valence-electron chi connectivity index (χ4n) is 2.31. The Balaban J connectivity index is 2.29. The molecule has 88 valence electrons. The van der Waals surface area contributed by atoms with Gasteiger partial charge in [-0.15, -0.1) is 0 Å². The lowest BCUT2D eigenvalue weighted by atomic mass is 9.74. The van der Waals surface area contributed by atoms with E-state index < -0.39 is 0 Å². The summed E-state index contributed by atoms with van der Waals surface area (Å²) in [6.07, 6.45) is 8.48. The molecule has 0 aromatic rings. The van der Waals surface area contributed by atoms with Crippen molar-refractivity contribution >= 4 is 0 Å². The fourth-order valence-corrected chi connectivity index (χ4v) is 2.31. The van der Waals surface area contributed by atoms with Crippen molar-refractivity contribution in [3.05, 3.63) is 11.6 Å². The van der Waals surface area contributed by atoms with E-state index in [1.165, 1.54) is 37.7 Å². The summed E-state index contributed by atoms with van der Waals surface area (Å²) < 4.78 is 0. The van der Waals surface area contributed by atoms with E-state index in [0.29, 0.717) is 6.61 Å². The number of hydrogen-bond acceptors (Lipinski definition) is 2. The topological polar surface area (TPSA) is 32.3 Å². The van der Waals surface area contributed by atoms with E-state index in [2.05, 4.69) is 25.2 Å². The van der Waals surface area contributed by atoms with Crippen LogP contribution in [0.4, 0.5) is 0 Å². The molecule has 1 aliphatic rings. The summed E-state index contributed by atoms with van der Waals surface area (Å²) in [4.78, 5) is 0. The van der Waals surface area contributed by atoms with Gasteiger partial charge in [0, 0.05) is 25.1 Å². The Morgan fingerprint density at radius 1 is 1.27 bits per heavy atom. The quantitative estimate of drug-likeness (QED) is 0.541. The summed E-state index contributed by atoms with van der Waals surface area (Å²) in [6, 6.07) is 0. The summed E-state index contributed by atoms with van der Waals surface area (Å²) in [7, 11) is 0. The second-order valence-corrected chi connectivity index (χ2v) is 5.13. The predicted molar refractivity (Wildman–Crippen MR) is 64.9 cm³/mol. The van der Waals surface area contributed by atoms with Gasteiger partial charge in [0.1, 0.15) is 0 Å². The molecule has 1 aliphatic carbocycles. The monoisotopic (exact) mass is 211 g/mol. The normalized spacial score (nSPS) is 19.9. The van der Waals surface area contributed by atoms with Crippen LogP contribution in [0.3, 0.4) is 0 Å². The Kier molecular flexibility index (Phi) is 5.34. The molecule has 0 saturated heterocycles. The second kappa shape index (κ2) is 6.29. The molecule has 0 bridgehead atoms. The predicted octanol–water partition coefficient (Wildman–Crippen LogP) is 2.49. The highest BCUT2D eigenvalue weighted by Crippen LogP contribution is 2.35. The zero-order valence-electron chi connectivity index (χ0n) is 10.2. The number of rotatable bonds is 5. The lowest BCUT2D eigenvalue weighted by molar-refractivity contribution is 0.0824. The van der Waals surface area contributed by atoms with E-state index in [0.717, 1.165) is 13.1 Å². The highest BCUT2D eigenvalue weighted by Gasteiger charge is 2.30. The summed E-state index contributed by atoms with van der Waals surface area (Å²) >= 11 is 0. The van der Waals surface area contributed by atoms with Crippen molar-refractivity contribution in [1.29, 1.82) is 0 Å². The highest BCUT2D eigenvalue weighted by molar-refractivity contribution is 4.95. The fraction of sp³-hybridized carbons (Fsp3) is 0.846. The van der Waals surface area contributed by atoms with Crippen molar-refractivity contribution < 1.29 is 5.11 Å². The summed E-state index contributed by atoms with van der Waals surface area (Å²) in [5.74, 6) is 0. The van der Waals surface area contributed by atoms with Crippen LogP contribution in [0.5, 0.6) is 0 Å². The minimum Gasteiger partial charge on any atom is -0.396 e. The van der Waals surface area contributed by atoms with Gasteiger partial charge in [-0.25, -0.2) is 0 Å². The molecule has 0 aromatic heterocycles. The van der Waals surface area contributed by atoms with Gasteiger partial charge in [-0.05, 0) is 26.7 Å². The van der Waals surface area contributed by atoms with Crippen molar-refractivity contribution in [2.45, 2.75) is 46.0 Å². The molecule has 0 amide bonds. The second-order valence-electron chi connectivity index (χ2n) is 5.13. The first-order valence-corrected chi connectivity index (χ1v) is 6.13. The molecule has 15 heavy (non-hydrogen) atoms. The first-order valence-electron chi connectivity index (χ1n) is 6.13. The lowest BCUT2D eigenvalue weighted by Crippen LogP contribution is -2.39. The van der Waals surface area contributed by atoms with E-state index in [1.807, 2.05) is 0 Å². The molecule has 2 heteroatoms. The molecule has 0 heterocycles. The molecule has 0 spiro atoms. The van der Waals surface area contributed by atoms with Gasteiger partial charge in [0.2, 0.25) is 0 Å². The third-order valence-electron chi connectivity index (χ3n) is 3.40. The first-order chi connectivity index (χ1) is 7.18. The Bertz CT molecular complexity index is 201. The molecule has 0 aliphatic heterocycles. The van der Waals surface area contributed by atoms with Crippen molar-refractivity contribution in [3.8, 4) is 0 Å². The smallest absolute Gasteiger partial charge is 0.0499 e. The minimum absolute atomic E-state index is 0.174. The summed E-state index contributed by atoms with van der Waals surface area (Å²) in [5.41, 5.74) is 1.53. The van der Waals surface area contributed by atoms with E-state index in [4.69, 9.17) is 0 Å². The molecule has 1 fully saturated rings. The van der Waals surface area contributed by atoms with Crippen molar-refractivity contribution in [2.75, 3.05) is 19.7 Å². The highest BCUT2D eigenvalue weighted by atomic mass is 16.3. The van der Waals surface area contributed by atoms with E-state index >= 15 is 0 Å². The van der Waals surface area contributed by atoms with E-state index in [1.54, 1.807) is 0 Å². The number of nitrogens with one attached hydrogen (secondary N) is 1. The van der Waals surface area contributed by atoms with Crippen LogP contribution in [0.2, 0.25) is 0 Å². The first kappa shape index (κ1) is 12.7. The average Bonchev–Trinajstić information content (AvgIpc) is 2.26. The van der Waals surface area contributed by atoms with Gasteiger partial charge >= 0.3 is 0 Å². The summed E-state index contributed by atoms with van der Waals surface area (Å²) in [5, 5.41) is 12.9. The molecule has 0 aromatic carbocycles. The van der Waals surface area contributed by atoms with Gasteiger partial charge in [-0.3, -0.25) is 0 Å². The zero-order chi connectivity index (χ0) is 11.1. The van der Waals surface area contributed by atoms with Gasteiger partial charge in [0.05, 0.1) is 0 Å². The molecular formula is C13H25NO. The maximum absolute atomic E-state index is 9.49. The van der Waals surface area contributed by atoms with Crippen LogP contribution < -0.4 is 5.32 Å². The van der Waals surface area contributed by atoms with Crippen molar-refractivity contribution in [3.63, 3.8) is 0 Å². The van der Waals surface area contributed by atoms with Crippen molar-refractivity contribution in [1.82, 2.24) is 5.32 Å². The Morgan fingerprint density at radius 2 is 1.93 bits per heavy atom. The molecule has 1 rings (SSSR count). The molecule has 0 radical (unpaired) electrons. The van der Waals surface area contributed by atoms with Gasteiger partial charge in [0.15, 0.2) is 0 Å². The Morgan fingerprint density at radius 3 is 2.47 bits per heavy atom.